The lowest BCUT2D eigenvalue weighted by atomic mass is 10.4. The van der Waals surface area contributed by atoms with Crippen molar-refractivity contribution in [2.45, 2.75) is 22.0 Å². The molecule has 0 aliphatic carbocycles. The second-order valence-electron chi connectivity index (χ2n) is 3.41. The predicted molar refractivity (Wildman–Crippen MR) is 74.8 cm³/mol. The van der Waals surface area contributed by atoms with Gasteiger partial charge >= 0.3 is 5.97 Å². The fourth-order valence-corrected chi connectivity index (χ4v) is 4.46. The molecule has 19 heavy (non-hydrogen) atoms. The SMILES string of the molecule is CCOC(OC)(OC)c1sc(S(N)(=O)=O)cc1SC. The fourth-order valence-electron chi connectivity index (χ4n) is 1.50. The summed E-state index contributed by atoms with van der Waals surface area (Å²) in [6.07, 6.45) is 1.82. The maximum atomic E-state index is 11.4. The fraction of sp³-hybridized carbons (Fsp3) is 0.600. The van der Waals surface area contributed by atoms with Crippen molar-refractivity contribution in [3.63, 3.8) is 0 Å². The molecule has 0 spiro atoms. The van der Waals surface area contributed by atoms with E-state index >= 15 is 0 Å². The summed E-state index contributed by atoms with van der Waals surface area (Å²) < 4.78 is 39.0. The van der Waals surface area contributed by atoms with Gasteiger partial charge in [-0.25, -0.2) is 13.6 Å². The summed E-state index contributed by atoms with van der Waals surface area (Å²) in [4.78, 5) is 1.21. The standard InChI is InChI=1S/C10H17NO5S3/c1-5-16-10(14-2,15-3)9-7(17-4)6-8(18-9)19(11,12)13/h6H,5H2,1-4H3,(H2,11,12,13). The summed E-state index contributed by atoms with van der Waals surface area (Å²) in [7, 11) is -0.907. The van der Waals surface area contributed by atoms with E-state index in [2.05, 4.69) is 0 Å². The van der Waals surface area contributed by atoms with Crippen LogP contribution >= 0.6 is 23.1 Å². The minimum Gasteiger partial charge on any atom is -0.326 e. The van der Waals surface area contributed by atoms with E-state index in [1.165, 1.54) is 32.0 Å². The van der Waals surface area contributed by atoms with Crippen molar-refractivity contribution in [1.82, 2.24) is 0 Å². The Bertz CT molecular complexity index is 521. The summed E-state index contributed by atoms with van der Waals surface area (Å²) in [6.45, 7) is 2.14. The number of hydrogen-bond donors (Lipinski definition) is 1. The number of thiophene rings is 1. The van der Waals surface area contributed by atoms with Crippen LogP contribution in [-0.2, 0) is 30.2 Å². The normalized spacial score (nSPS) is 12.9. The van der Waals surface area contributed by atoms with Gasteiger partial charge in [-0.3, -0.25) is 0 Å². The van der Waals surface area contributed by atoms with Crippen molar-refractivity contribution in [2.75, 3.05) is 27.1 Å². The van der Waals surface area contributed by atoms with Gasteiger partial charge in [-0.1, -0.05) is 0 Å². The van der Waals surface area contributed by atoms with Crippen molar-refractivity contribution in [3.05, 3.63) is 10.9 Å². The third-order valence-corrected chi connectivity index (χ3v) is 5.84. The van der Waals surface area contributed by atoms with Crippen LogP contribution in [0, 0.1) is 0 Å². The largest absolute Gasteiger partial charge is 0.326 e. The topological polar surface area (TPSA) is 87.8 Å². The van der Waals surface area contributed by atoms with E-state index < -0.39 is 16.0 Å². The van der Waals surface area contributed by atoms with Gasteiger partial charge in [-0.15, -0.1) is 23.1 Å². The molecule has 0 aromatic carbocycles. The number of methoxy groups -OCH3 is 2. The smallest absolute Gasteiger partial charge is 0.322 e. The molecule has 1 aromatic heterocycles. The minimum absolute atomic E-state index is 0.0463. The molecular weight excluding hydrogens is 310 g/mol. The Morgan fingerprint density at radius 2 is 2.00 bits per heavy atom. The van der Waals surface area contributed by atoms with E-state index in [0.717, 1.165) is 11.3 Å². The van der Waals surface area contributed by atoms with Gasteiger partial charge in [0.25, 0.3) is 0 Å². The highest BCUT2D eigenvalue weighted by molar-refractivity contribution is 7.99. The average Bonchev–Trinajstić information content (AvgIpc) is 2.80. The van der Waals surface area contributed by atoms with Crippen LogP contribution in [0.25, 0.3) is 0 Å². The highest BCUT2D eigenvalue weighted by atomic mass is 32.2. The first kappa shape index (κ1) is 16.9. The molecule has 1 aromatic rings. The first-order valence-electron chi connectivity index (χ1n) is 5.30. The number of ether oxygens (including phenoxy) is 3. The molecule has 2 N–H and O–H groups in total. The van der Waals surface area contributed by atoms with E-state index in [1.54, 1.807) is 6.92 Å². The van der Waals surface area contributed by atoms with Gasteiger partial charge in [-0.2, -0.15) is 0 Å². The Kier molecular flexibility index (Phi) is 5.80. The zero-order valence-electron chi connectivity index (χ0n) is 11.1. The molecule has 0 radical (unpaired) electrons. The lowest BCUT2D eigenvalue weighted by molar-refractivity contribution is -0.372. The number of rotatable bonds is 7. The summed E-state index contributed by atoms with van der Waals surface area (Å²) in [5, 5.41) is 5.14. The quantitative estimate of drug-likeness (QED) is 0.604. The van der Waals surface area contributed by atoms with Crippen LogP contribution in [0.5, 0.6) is 0 Å². The number of thioether (sulfide) groups is 1. The zero-order valence-corrected chi connectivity index (χ0v) is 13.6. The highest BCUT2D eigenvalue weighted by Gasteiger charge is 2.39. The van der Waals surface area contributed by atoms with Gasteiger partial charge in [0.2, 0.25) is 10.0 Å². The molecule has 0 aliphatic heterocycles. The van der Waals surface area contributed by atoms with E-state index in [-0.39, 0.29) is 4.21 Å². The summed E-state index contributed by atoms with van der Waals surface area (Å²) >= 11 is 2.34. The second kappa shape index (κ2) is 6.53. The Hall–Kier alpha value is -0.160. The molecule has 0 saturated carbocycles. The van der Waals surface area contributed by atoms with Crippen LogP contribution < -0.4 is 5.14 Å². The molecule has 0 aliphatic rings. The summed E-state index contributed by atoms with van der Waals surface area (Å²) in [5.74, 6) is -1.42. The molecule has 6 nitrogen and oxygen atoms in total. The van der Waals surface area contributed by atoms with Crippen molar-refractivity contribution >= 4 is 33.1 Å². The Balaban J connectivity index is 3.42. The molecule has 0 atom stereocenters. The summed E-state index contributed by atoms with van der Waals surface area (Å²) in [5.41, 5.74) is 0. The van der Waals surface area contributed by atoms with E-state index in [0.29, 0.717) is 16.4 Å². The lowest BCUT2D eigenvalue weighted by Crippen LogP contribution is -2.33. The first-order chi connectivity index (χ1) is 8.84. The molecule has 0 bridgehead atoms. The monoisotopic (exact) mass is 327 g/mol. The van der Waals surface area contributed by atoms with Crippen molar-refractivity contribution in [2.24, 2.45) is 5.14 Å². The summed E-state index contributed by atoms with van der Waals surface area (Å²) in [6, 6.07) is 1.49. The van der Waals surface area contributed by atoms with Crippen molar-refractivity contribution in [1.29, 1.82) is 0 Å². The maximum Gasteiger partial charge on any atom is 0.322 e. The molecule has 1 rings (SSSR count). The Morgan fingerprint density at radius 1 is 1.42 bits per heavy atom. The third kappa shape index (κ3) is 3.48. The molecule has 0 unspecified atom stereocenters. The van der Waals surface area contributed by atoms with Gasteiger partial charge < -0.3 is 14.2 Å². The van der Waals surface area contributed by atoms with Crippen LogP contribution in [0.4, 0.5) is 0 Å². The highest BCUT2D eigenvalue weighted by Crippen LogP contribution is 2.41. The molecule has 110 valence electrons. The average molecular weight is 327 g/mol. The zero-order chi connectivity index (χ0) is 14.7. The molecule has 0 fully saturated rings. The van der Waals surface area contributed by atoms with Crippen LogP contribution in [0.2, 0.25) is 0 Å². The third-order valence-electron chi connectivity index (χ3n) is 2.33. The Labute approximate surface area is 121 Å². The van der Waals surface area contributed by atoms with Gasteiger partial charge in [0.1, 0.15) is 9.09 Å². The molecular formula is C10H17NO5S3. The first-order valence-corrected chi connectivity index (χ1v) is 8.88. The van der Waals surface area contributed by atoms with E-state index in [9.17, 15) is 8.42 Å². The predicted octanol–water partition coefficient (Wildman–Crippen LogP) is 1.56. The van der Waals surface area contributed by atoms with Crippen molar-refractivity contribution < 1.29 is 22.6 Å². The lowest BCUT2D eigenvalue weighted by Gasteiger charge is -2.29. The van der Waals surface area contributed by atoms with Crippen LogP contribution in [0.3, 0.4) is 0 Å². The van der Waals surface area contributed by atoms with Gasteiger partial charge in [-0.05, 0) is 19.2 Å². The van der Waals surface area contributed by atoms with Crippen LogP contribution in [0.1, 0.15) is 11.8 Å². The number of sulfonamides is 1. The maximum absolute atomic E-state index is 11.4. The minimum atomic E-state index is -3.77. The van der Waals surface area contributed by atoms with E-state index in [4.69, 9.17) is 19.3 Å². The Morgan fingerprint density at radius 3 is 2.37 bits per heavy atom. The van der Waals surface area contributed by atoms with Gasteiger partial charge in [0.05, 0.1) is 6.61 Å². The number of nitrogens with two attached hydrogens (primary N) is 1. The van der Waals surface area contributed by atoms with Gasteiger partial charge in [0.15, 0.2) is 0 Å². The van der Waals surface area contributed by atoms with E-state index in [1.807, 2.05) is 6.26 Å². The number of primary sulfonamides is 1. The molecule has 0 amide bonds. The molecule has 1 heterocycles. The number of hydrogen-bond acceptors (Lipinski definition) is 7. The van der Waals surface area contributed by atoms with Gasteiger partial charge in [0, 0.05) is 19.1 Å². The molecule has 9 heteroatoms. The molecule has 0 saturated heterocycles. The van der Waals surface area contributed by atoms with Crippen LogP contribution in [0.15, 0.2) is 15.2 Å². The van der Waals surface area contributed by atoms with Crippen LogP contribution in [-0.4, -0.2) is 35.5 Å². The van der Waals surface area contributed by atoms with Crippen molar-refractivity contribution in [3.8, 4) is 0 Å². The second-order valence-corrected chi connectivity index (χ2v) is 7.09.